The van der Waals surface area contributed by atoms with Crippen molar-refractivity contribution in [3.05, 3.63) is 45.8 Å². The van der Waals surface area contributed by atoms with Crippen molar-refractivity contribution in [2.45, 2.75) is 6.61 Å². The summed E-state index contributed by atoms with van der Waals surface area (Å²) in [6.45, 7) is -0.0292. The summed E-state index contributed by atoms with van der Waals surface area (Å²) in [7, 11) is 0. The maximum Gasteiger partial charge on any atom is 0.340 e. The van der Waals surface area contributed by atoms with E-state index in [1.165, 1.54) is 18.3 Å². The number of benzene rings is 1. The van der Waals surface area contributed by atoms with Gasteiger partial charge in [-0.05, 0) is 12.1 Å². The third-order valence-electron chi connectivity index (χ3n) is 2.19. The molecular formula is C11H8Cl2N2O3. The molecule has 5 nitrogen and oxygen atoms in total. The SMILES string of the molecule is Nc1c(C(=O)OCc2ccno2)ccc(Cl)c1Cl. The van der Waals surface area contributed by atoms with Crippen LogP contribution in [0.3, 0.4) is 0 Å². The van der Waals surface area contributed by atoms with E-state index in [9.17, 15) is 4.79 Å². The summed E-state index contributed by atoms with van der Waals surface area (Å²) in [6, 6.07) is 4.52. The van der Waals surface area contributed by atoms with Crippen molar-refractivity contribution in [2.24, 2.45) is 0 Å². The number of rotatable bonds is 3. The molecule has 0 spiro atoms. The summed E-state index contributed by atoms with van der Waals surface area (Å²) >= 11 is 11.6. The molecule has 0 unspecified atom stereocenters. The molecule has 2 aromatic rings. The van der Waals surface area contributed by atoms with Crippen LogP contribution in [0.5, 0.6) is 0 Å². The normalized spacial score (nSPS) is 10.3. The number of anilines is 1. The molecule has 0 radical (unpaired) electrons. The van der Waals surface area contributed by atoms with Crippen molar-refractivity contribution in [1.29, 1.82) is 0 Å². The van der Waals surface area contributed by atoms with Gasteiger partial charge in [0.25, 0.3) is 0 Å². The largest absolute Gasteiger partial charge is 0.454 e. The van der Waals surface area contributed by atoms with Gasteiger partial charge in [0, 0.05) is 6.07 Å². The van der Waals surface area contributed by atoms with Crippen molar-refractivity contribution in [3.8, 4) is 0 Å². The smallest absolute Gasteiger partial charge is 0.340 e. The van der Waals surface area contributed by atoms with E-state index in [0.717, 1.165) is 0 Å². The second-order valence-electron chi connectivity index (χ2n) is 3.38. The zero-order chi connectivity index (χ0) is 13.1. The lowest BCUT2D eigenvalue weighted by molar-refractivity contribution is 0.0438. The molecule has 7 heteroatoms. The van der Waals surface area contributed by atoms with Gasteiger partial charge in [-0.2, -0.15) is 0 Å². The second-order valence-corrected chi connectivity index (χ2v) is 4.16. The summed E-state index contributed by atoms with van der Waals surface area (Å²) in [5, 5.41) is 3.90. The third kappa shape index (κ3) is 2.57. The predicted molar refractivity (Wildman–Crippen MR) is 66.5 cm³/mol. The topological polar surface area (TPSA) is 78.4 Å². The summed E-state index contributed by atoms with van der Waals surface area (Å²) in [4.78, 5) is 11.8. The lowest BCUT2D eigenvalue weighted by Gasteiger charge is -2.07. The predicted octanol–water partition coefficient (Wildman–Crippen LogP) is 2.92. The van der Waals surface area contributed by atoms with Crippen molar-refractivity contribution in [2.75, 3.05) is 5.73 Å². The number of nitrogen functional groups attached to an aromatic ring is 1. The van der Waals surface area contributed by atoms with Crippen molar-refractivity contribution < 1.29 is 14.1 Å². The summed E-state index contributed by atoms with van der Waals surface area (Å²) in [5.74, 6) is -0.176. The van der Waals surface area contributed by atoms with E-state index in [0.29, 0.717) is 5.76 Å². The van der Waals surface area contributed by atoms with Gasteiger partial charge in [0.15, 0.2) is 12.4 Å². The van der Waals surface area contributed by atoms with Gasteiger partial charge < -0.3 is 15.0 Å². The molecule has 2 rings (SSSR count). The first-order valence-corrected chi connectivity index (χ1v) is 5.65. The molecule has 18 heavy (non-hydrogen) atoms. The van der Waals surface area contributed by atoms with Crippen LogP contribution in [0, 0.1) is 0 Å². The Balaban J connectivity index is 2.12. The first-order chi connectivity index (χ1) is 8.59. The molecular weight excluding hydrogens is 279 g/mol. The van der Waals surface area contributed by atoms with Gasteiger partial charge in [0.2, 0.25) is 0 Å². The van der Waals surface area contributed by atoms with Gasteiger partial charge in [-0.3, -0.25) is 0 Å². The number of nitrogens with two attached hydrogens (primary N) is 1. The number of ether oxygens (including phenoxy) is 1. The fourth-order valence-corrected chi connectivity index (χ4v) is 1.60. The van der Waals surface area contributed by atoms with Crippen molar-refractivity contribution >= 4 is 34.9 Å². The van der Waals surface area contributed by atoms with E-state index in [4.69, 9.17) is 38.2 Å². The van der Waals surface area contributed by atoms with Crippen LogP contribution in [0.25, 0.3) is 0 Å². The maximum atomic E-state index is 11.8. The number of hydrogen-bond donors (Lipinski definition) is 1. The monoisotopic (exact) mass is 286 g/mol. The minimum Gasteiger partial charge on any atom is -0.454 e. The number of aromatic nitrogens is 1. The lowest BCUT2D eigenvalue weighted by Crippen LogP contribution is -2.08. The first kappa shape index (κ1) is 12.7. The highest BCUT2D eigenvalue weighted by Gasteiger charge is 2.16. The Kier molecular flexibility index (Phi) is 3.74. The van der Waals surface area contributed by atoms with Gasteiger partial charge in [0.1, 0.15) is 0 Å². The molecule has 1 heterocycles. The van der Waals surface area contributed by atoms with E-state index in [-0.39, 0.29) is 27.9 Å². The highest BCUT2D eigenvalue weighted by molar-refractivity contribution is 6.44. The molecule has 0 amide bonds. The molecule has 0 bridgehead atoms. The van der Waals surface area contributed by atoms with Crippen LogP contribution in [-0.2, 0) is 11.3 Å². The minimum absolute atomic E-state index is 0.0292. The van der Waals surface area contributed by atoms with E-state index < -0.39 is 5.97 Å². The standard InChI is InChI=1S/C11H8Cl2N2O3/c12-8-2-1-7(10(14)9(8)13)11(16)17-5-6-3-4-15-18-6/h1-4H,5,14H2. The average Bonchev–Trinajstić information content (AvgIpc) is 2.86. The molecule has 0 aliphatic heterocycles. The van der Waals surface area contributed by atoms with Crippen LogP contribution in [-0.4, -0.2) is 11.1 Å². The zero-order valence-electron chi connectivity index (χ0n) is 9.02. The maximum absolute atomic E-state index is 11.8. The molecule has 0 fully saturated rings. The molecule has 0 aliphatic rings. The number of esters is 1. The number of hydrogen-bond acceptors (Lipinski definition) is 5. The number of carbonyl (C=O) groups is 1. The van der Waals surface area contributed by atoms with Gasteiger partial charge in [-0.25, -0.2) is 4.79 Å². The van der Waals surface area contributed by atoms with Crippen molar-refractivity contribution in [3.63, 3.8) is 0 Å². The van der Waals surface area contributed by atoms with Crippen LogP contribution in [0.4, 0.5) is 5.69 Å². The number of nitrogens with zero attached hydrogens (tertiary/aromatic N) is 1. The third-order valence-corrected chi connectivity index (χ3v) is 3.01. The van der Waals surface area contributed by atoms with Crippen molar-refractivity contribution in [1.82, 2.24) is 5.16 Å². The Bertz CT molecular complexity index is 570. The van der Waals surface area contributed by atoms with Crippen LogP contribution in [0.1, 0.15) is 16.1 Å². The van der Waals surface area contributed by atoms with Gasteiger partial charge in [-0.1, -0.05) is 28.4 Å². The molecule has 1 aromatic carbocycles. The fourth-order valence-electron chi connectivity index (χ4n) is 1.28. The summed E-state index contributed by atoms with van der Waals surface area (Å²) in [6.07, 6.45) is 1.46. The number of halogens is 2. The second kappa shape index (κ2) is 5.29. The Labute approximate surface area is 112 Å². The van der Waals surface area contributed by atoms with Crippen LogP contribution in [0.15, 0.2) is 28.9 Å². The van der Waals surface area contributed by atoms with E-state index >= 15 is 0 Å². The molecule has 94 valence electrons. The van der Waals surface area contributed by atoms with Gasteiger partial charge in [-0.15, -0.1) is 0 Å². The van der Waals surface area contributed by atoms with Gasteiger partial charge >= 0.3 is 5.97 Å². The summed E-state index contributed by atoms with van der Waals surface area (Å²) in [5.41, 5.74) is 5.93. The highest BCUT2D eigenvalue weighted by atomic mass is 35.5. The Morgan fingerprint density at radius 3 is 2.83 bits per heavy atom. The van der Waals surface area contributed by atoms with Crippen LogP contribution >= 0.6 is 23.2 Å². The molecule has 0 atom stereocenters. The van der Waals surface area contributed by atoms with E-state index in [1.54, 1.807) is 6.07 Å². The van der Waals surface area contributed by atoms with Crippen LogP contribution in [0.2, 0.25) is 10.0 Å². The molecule has 1 aromatic heterocycles. The van der Waals surface area contributed by atoms with Crippen LogP contribution < -0.4 is 5.73 Å². The highest BCUT2D eigenvalue weighted by Crippen LogP contribution is 2.31. The number of carbonyl (C=O) groups excluding carboxylic acids is 1. The minimum atomic E-state index is -0.609. The molecule has 0 aliphatic carbocycles. The molecule has 0 saturated carbocycles. The zero-order valence-corrected chi connectivity index (χ0v) is 10.5. The fraction of sp³-hybridized carbons (Fsp3) is 0.0909. The Hall–Kier alpha value is -1.72. The van der Waals surface area contributed by atoms with E-state index in [1.807, 2.05) is 0 Å². The first-order valence-electron chi connectivity index (χ1n) is 4.89. The average molecular weight is 287 g/mol. The molecule has 0 saturated heterocycles. The lowest BCUT2D eigenvalue weighted by atomic mass is 10.2. The quantitative estimate of drug-likeness (QED) is 0.693. The Morgan fingerprint density at radius 1 is 1.39 bits per heavy atom. The van der Waals surface area contributed by atoms with Gasteiger partial charge in [0.05, 0.1) is 27.5 Å². The van der Waals surface area contributed by atoms with E-state index in [2.05, 4.69) is 5.16 Å². The molecule has 2 N–H and O–H groups in total. The Morgan fingerprint density at radius 2 is 2.17 bits per heavy atom. The summed E-state index contributed by atoms with van der Waals surface area (Å²) < 4.78 is 9.78.